The van der Waals surface area contributed by atoms with Gasteiger partial charge in [-0.25, -0.2) is 0 Å². The van der Waals surface area contributed by atoms with Crippen LogP contribution in [0.4, 0.5) is 0 Å². The average Bonchev–Trinajstić information content (AvgIpc) is 3.11. The predicted molar refractivity (Wildman–Crippen MR) is 72.1 cm³/mol. The molecule has 0 amide bonds. The van der Waals surface area contributed by atoms with E-state index in [1.54, 1.807) is 0 Å². The number of fused-ring (bicyclic) bond motifs is 2. The summed E-state index contributed by atoms with van der Waals surface area (Å²) in [5.74, 6) is 3.26. The topological polar surface area (TPSA) is 76.2 Å². The van der Waals surface area contributed by atoms with Crippen molar-refractivity contribution in [3.8, 4) is 0 Å². The van der Waals surface area contributed by atoms with Gasteiger partial charge in [0.2, 0.25) is 11.8 Å². The predicted octanol–water partition coefficient (Wildman–Crippen LogP) is 2.85. The molecule has 0 radical (unpaired) electrons. The van der Waals surface area contributed by atoms with Gasteiger partial charge in [0.25, 0.3) is 0 Å². The number of aliphatic carboxylic acids is 1. The number of hydrogen-bond acceptors (Lipinski definition) is 4. The lowest BCUT2D eigenvalue weighted by Gasteiger charge is -2.19. The maximum absolute atomic E-state index is 10.4. The Morgan fingerprint density at radius 3 is 2.75 bits per heavy atom. The highest BCUT2D eigenvalue weighted by Crippen LogP contribution is 2.49. The molecule has 2 bridgehead atoms. The molecule has 2 saturated carbocycles. The molecular weight excluding hydrogens is 256 g/mol. The third-order valence-corrected chi connectivity index (χ3v) is 4.86. The van der Waals surface area contributed by atoms with Gasteiger partial charge in [-0.15, -0.1) is 10.2 Å². The van der Waals surface area contributed by atoms with Crippen molar-refractivity contribution in [2.45, 2.75) is 57.8 Å². The zero-order valence-corrected chi connectivity index (χ0v) is 11.8. The number of aromatic nitrogens is 2. The van der Waals surface area contributed by atoms with Gasteiger partial charge in [0.15, 0.2) is 0 Å². The Labute approximate surface area is 118 Å². The van der Waals surface area contributed by atoms with Crippen molar-refractivity contribution in [3.63, 3.8) is 0 Å². The van der Waals surface area contributed by atoms with Crippen LogP contribution in [0.15, 0.2) is 4.42 Å². The van der Waals surface area contributed by atoms with Crippen LogP contribution in [0.2, 0.25) is 0 Å². The molecule has 1 aromatic rings. The lowest BCUT2D eigenvalue weighted by atomic mass is 9.86. The molecule has 20 heavy (non-hydrogen) atoms. The van der Waals surface area contributed by atoms with E-state index in [4.69, 9.17) is 9.52 Å². The van der Waals surface area contributed by atoms with Gasteiger partial charge in [0, 0.05) is 19.3 Å². The number of unbranched alkanes of at least 4 members (excludes halogenated alkanes) is 1. The van der Waals surface area contributed by atoms with Crippen molar-refractivity contribution >= 4 is 5.97 Å². The molecule has 1 N–H and O–H groups in total. The van der Waals surface area contributed by atoms with E-state index in [-0.39, 0.29) is 6.42 Å². The van der Waals surface area contributed by atoms with Crippen LogP contribution < -0.4 is 0 Å². The van der Waals surface area contributed by atoms with Crippen LogP contribution in [0.1, 0.15) is 56.7 Å². The number of hydrogen-bond donors (Lipinski definition) is 1. The van der Waals surface area contributed by atoms with E-state index >= 15 is 0 Å². The molecule has 2 aliphatic carbocycles. The van der Waals surface area contributed by atoms with Crippen molar-refractivity contribution in [2.75, 3.05) is 0 Å². The highest BCUT2D eigenvalue weighted by atomic mass is 16.4. The van der Waals surface area contributed by atoms with Crippen LogP contribution >= 0.6 is 0 Å². The SMILES string of the molecule is O=C(O)CCCCc1nnc(CC2CC3CCC2C3)o1. The van der Waals surface area contributed by atoms with E-state index in [1.807, 2.05) is 0 Å². The van der Waals surface area contributed by atoms with E-state index in [9.17, 15) is 4.79 Å². The lowest BCUT2D eigenvalue weighted by Crippen LogP contribution is -2.13. The number of carboxylic acids is 1. The first kappa shape index (κ1) is 13.6. The van der Waals surface area contributed by atoms with Gasteiger partial charge in [-0.2, -0.15) is 0 Å². The van der Waals surface area contributed by atoms with Crippen LogP contribution in [0.3, 0.4) is 0 Å². The molecule has 5 heteroatoms. The van der Waals surface area contributed by atoms with Gasteiger partial charge in [0.1, 0.15) is 0 Å². The molecule has 0 spiro atoms. The molecule has 3 unspecified atom stereocenters. The van der Waals surface area contributed by atoms with Gasteiger partial charge in [-0.1, -0.05) is 6.42 Å². The minimum absolute atomic E-state index is 0.214. The molecule has 0 aliphatic heterocycles. The van der Waals surface area contributed by atoms with Crippen LogP contribution in [0.25, 0.3) is 0 Å². The quantitative estimate of drug-likeness (QED) is 0.776. The molecule has 3 atom stereocenters. The number of nitrogens with zero attached hydrogens (tertiary/aromatic N) is 2. The second-order valence-corrected chi connectivity index (χ2v) is 6.33. The normalized spacial score (nSPS) is 28.1. The summed E-state index contributed by atoms with van der Waals surface area (Å²) in [4.78, 5) is 10.4. The molecule has 1 heterocycles. The Morgan fingerprint density at radius 2 is 2.05 bits per heavy atom. The lowest BCUT2D eigenvalue weighted by molar-refractivity contribution is -0.137. The summed E-state index contributed by atoms with van der Waals surface area (Å²) < 4.78 is 5.69. The van der Waals surface area contributed by atoms with E-state index in [1.165, 1.54) is 25.7 Å². The summed E-state index contributed by atoms with van der Waals surface area (Å²) in [6, 6.07) is 0. The van der Waals surface area contributed by atoms with Gasteiger partial charge < -0.3 is 9.52 Å². The Bertz CT molecular complexity index is 471. The minimum Gasteiger partial charge on any atom is -0.481 e. The van der Waals surface area contributed by atoms with Gasteiger partial charge in [0.05, 0.1) is 0 Å². The fourth-order valence-corrected chi connectivity index (χ4v) is 3.88. The number of rotatable bonds is 7. The standard InChI is InChI=1S/C15H22N2O3/c18-15(19)4-2-1-3-13-16-17-14(20-13)9-12-8-10-5-6-11(12)7-10/h10-12H,1-9H2,(H,18,19). The number of aryl methyl sites for hydroxylation is 1. The second kappa shape index (κ2) is 5.94. The van der Waals surface area contributed by atoms with E-state index in [2.05, 4.69) is 10.2 Å². The first-order valence-corrected chi connectivity index (χ1v) is 7.73. The van der Waals surface area contributed by atoms with E-state index < -0.39 is 5.97 Å². The first-order chi connectivity index (χ1) is 9.70. The molecule has 0 saturated heterocycles. The molecule has 0 aromatic carbocycles. The maximum Gasteiger partial charge on any atom is 0.303 e. The molecule has 2 fully saturated rings. The molecule has 2 aliphatic rings. The van der Waals surface area contributed by atoms with Gasteiger partial charge >= 0.3 is 5.97 Å². The molecule has 1 aromatic heterocycles. The van der Waals surface area contributed by atoms with Crippen LogP contribution in [0.5, 0.6) is 0 Å². The smallest absolute Gasteiger partial charge is 0.303 e. The molecule has 3 rings (SSSR count). The fraction of sp³-hybridized carbons (Fsp3) is 0.800. The van der Waals surface area contributed by atoms with Crippen molar-refractivity contribution in [2.24, 2.45) is 17.8 Å². The summed E-state index contributed by atoms with van der Waals surface area (Å²) in [5.41, 5.74) is 0. The van der Waals surface area contributed by atoms with Crippen molar-refractivity contribution in [3.05, 3.63) is 11.8 Å². The Balaban J connectivity index is 1.44. The Morgan fingerprint density at radius 1 is 1.20 bits per heavy atom. The largest absolute Gasteiger partial charge is 0.481 e. The minimum atomic E-state index is -0.743. The molecule has 110 valence electrons. The van der Waals surface area contributed by atoms with Crippen molar-refractivity contribution in [1.82, 2.24) is 10.2 Å². The third-order valence-electron chi connectivity index (χ3n) is 4.86. The summed E-state index contributed by atoms with van der Waals surface area (Å²) in [6.07, 6.45) is 8.83. The van der Waals surface area contributed by atoms with Gasteiger partial charge in [-0.3, -0.25) is 4.79 Å². The zero-order valence-electron chi connectivity index (χ0n) is 11.8. The average molecular weight is 278 g/mol. The third kappa shape index (κ3) is 3.19. The highest BCUT2D eigenvalue weighted by Gasteiger charge is 2.39. The summed E-state index contributed by atoms with van der Waals surface area (Å²) >= 11 is 0. The molecular formula is C15H22N2O3. The Kier molecular flexibility index (Phi) is 4.03. The second-order valence-electron chi connectivity index (χ2n) is 6.33. The fourth-order valence-electron chi connectivity index (χ4n) is 3.88. The maximum atomic E-state index is 10.4. The first-order valence-electron chi connectivity index (χ1n) is 7.73. The summed E-state index contributed by atoms with van der Waals surface area (Å²) in [5, 5.41) is 16.8. The number of carbonyl (C=O) groups is 1. The van der Waals surface area contributed by atoms with Crippen LogP contribution in [-0.2, 0) is 17.6 Å². The highest BCUT2D eigenvalue weighted by molar-refractivity contribution is 5.66. The van der Waals surface area contributed by atoms with E-state index in [0.29, 0.717) is 18.7 Å². The van der Waals surface area contributed by atoms with Crippen LogP contribution in [0, 0.1) is 17.8 Å². The van der Waals surface area contributed by atoms with Gasteiger partial charge in [-0.05, 0) is 49.9 Å². The number of carboxylic acid groups (broad SMARTS) is 1. The molecule has 5 nitrogen and oxygen atoms in total. The van der Waals surface area contributed by atoms with Crippen molar-refractivity contribution < 1.29 is 14.3 Å². The summed E-state index contributed by atoms with van der Waals surface area (Å²) in [7, 11) is 0. The monoisotopic (exact) mass is 278 g/mol. The van der Waals surface area contributed by atoms with Crippen molar-refractivity contribution in [1.29, 1.82) is 0 Å². The van der Waals surface area contributed by atoms with E-state index in [0.717, 1.165) is 36.5 Å². The summed E-state index contributed by atoms with van der Waals surface area (Å²) in [6.45, 7) is 0. The Hall–Kier alpha value is -1.39. The van der Waals surface area contributed by atoms with Crippen LogP contribution in [-0.4, -0.2) is 21.3 Å². The zero-order chi connectivity index (χ0) is 13.9.